The molecule has 0 saturated carbocycles. The number of rotatable bonds is 6. The number of methoxy groups -OCH3 is 1. The van der Waals surface area contributed by atoms with Crippen LogP contribution in [0.5, 0.6) is 11.5 Å². The minimum Gasteiger partial charge on any atom is -0.497 e. The largest absolute Gasteiger partial charge is 0.497 e. The molecule has 0 atom stereocenters. The number of hydrogen-bond acceptors (Lipinski definition) is 4. The van der Waals surface area contributed by atoms with E-state index in [1.54, 1.807) is 31.4 Å². The smallest absolute Gasteiger partial charge is 0.312 e. The van der Waals surface area contributed by atoms with E-state index in [-0.39, 0.29) is 5.97 Å². The molecule has 21 heavy (non-hydrogen) atoms. The highest BCUT2D eigenvalue weighted by Crippen LogP contribution is 2.17. The number of para-hydroxylation sites is 1. The van der Waals surface area contributed by atoms with Crippen LogP contribution in [0.4, 0.5) is 5.69 Å². The highest BCUT2D eigenvalue weighted by Gasteiger charge is 2.07. The predicted octanol–water partition coefficient (Wildman–Crippen LogP) is 3.13. The Morgan fingerprint density at radius 1 is 1.00 bits per heavy atom. The van der Waals surface area contributed by atoms with Crippen molar-refractivity contribution in [3.8, 4) is 11.5 Å². The van der Waals surface area contributed by atoms with Gasteiger partial charge in [-0.2, -0.15) is 0 Å². The van der Waals surface area contributed by atoms with Crippen LogP contribution < -0.4 is 14.4 Å². The summed E-state index contributed by atoms with van der Waals surface area (Å²) in [4.78, 5) is 13.8. The van der Waals surface area contributed by atoms with Gasteiger partial charge in [0.2, 0.25) is 0 Å². The first-order chi connectivity index (χ1) is 10.2. The third kappa shape index (κ3) is 4.53. The molecule has 0 fully saturated rings. The first kappa shape index (κ1) is 14.9. The second kappa shape index (κ2) is 7.33. The molecule has 0 amide bonds. The molecule has 2 aromatic rings. The Morgan fingerprint density at radius 3 is 2.24 bits per heavy atom. The van der Waals surface area contributed by atoms with Crippen molar-refractivity contribution in [3.63, 3.8) is 0 Å². The Kier molecular flexibility index (Phi) is 5.21. The number of anilines is 1. The van der Waals surface area contributed by atoms with Gasteiger partial charge in [0.15, 0.2) is 0 Å². The number of carbonyl (C=O) groups excluding carboxylic acids is 1. The molecule has 2 aromatic carbocycles. The Balaban J connectivity index is 1.81. The molecule has 0 saturated heterocycles. The van der Waals surface area contributed by atoms with E-state index in [9.17, 15) is 4.79 Å². The molecular weight excluding hydrogens is 266 g/mol. The van der Waals surface area contributed by atoms with Crippen LogP contribution in [0.1, 0.15) is 6.42 Å². The fraction of sp³-hybridized carbons (Fsp3) is 0.235. The van der Waals surface area contributed by atoms with E-state index in [1.807, 2.05) is 42.3 Å². The first-order valence-electron chi connectivity index (χ1n) is 6.80. The average molecular weight is 285 g/mol. The Bertz CT molecular complexity index is 566. The highest BCUT2D eigenvalue weighted by atomic mass is 16.5. The van der Waals surface area contributed by atoms with Crippen LogP contribution in [-0.2, 0) is 4.79 Å². The van der Waals surface area contributed by atoms with Gasteiger partial charge in [-0.05, 0) is 36.4 Å². The molecule has 0 aromatic heterocycles. The fourth-order valence-electron chi connectivity index (χ4n) is 1.90. The maximum atomic E-state index is 11.8. The third-order valence-corrected chi connectivity index (χ3v) is 3.14. The van der Waals surface area contributed by atoms with E-state index < -0.39 is 0 Å². The van der Waals surface area contributed by atoms with Gasteiger partial charge in [0.25, 0.3) is 0 Å². The van der Waals surface area contributed by atoms with E-state index >= 15 is 0 Å². The van der Waals surface area contributed by atoms with E-state index in [0.717, 1.165) is 11.4 Å². The molecule has 0 unspecified atom stereocenters. The Morgan fingerprint density at radius 2 is 1.62 bits per heavy atom. The molecule has 0 N–H and O–H groups in total. The topological polar surface area (TPSA) is 38.8 Å². The zero-order chi connectivity index (χ0) is 15.1. The molecule has 0 radical (unpaired) electrons. The van der Waals surface area contributed by atoms with Crippen LogP contribution >= 0.6 is 0 Å². The van der Waals surface area contributed by atoms with Gasteiger partial charge in [-0.15, -0.1) is 0 Å². The van der Waals surface area contributed by atoms with Crippen LogP contribution in [0.2, 0.25) is 0 Å². The Labute approximate surface area is 124 Å². The molecule has 0 spiro atoms. The minimum atomic E-state index is -0.247. The molecule has 0 bridgehead atoms. The summed E-state index contributed by atoms with van der Waals surface area (Å²) in [5.41, 5.74) is 1.08. The summed E-state index contributed by atoms with van der Waals surface area (Å²) in [5, 5.41) is 0. The van der Waals surface area contributed by atoms with Crippen molar-refractivity contribution >= 4 is 11.7 Å². The molecule has 0 heterocycles. The number of benzene rings is 2. The van der Waals surface area contributed by atoms with E-state index in [4.69, 9.17) is 9.47 Å². The second-order valence-corrected chi connectivity index (χ2v) is 4.66. The Hall–Kier alpha value is -2.49. The lowest BCUT2D eigenvalue weighted by molar-refractivity contribution is -0.134. The fourth-order valence-corrected chi connectivity index (χ4v) is 1.90. The highest BCUT2D eigenvalue weighted by molar-refractivity contribution is 5.73. The zero-order valence-corrected chi connectivity index (χ0v) is 12.3. The van der Waals surface area contributed by atoms with Gasteiger partial charge in [-0.1, -0.05) is 18.2 Å². The lowest BCUT2D eigenvalue weighted by Gasteiger charge is -2.18. The standard InChI is InChI=1S/C17H19NO3/c1-18(14-6-4-3-5-7-14)13-12-17(19)21-16-10-8-15(20-2)9-11-16/h3-11H,12-13H2,1-2H3. The van der Waals surface area contributed by atoms with Crippen LogP contribution in [0.15, 0.2) is 54.6 Å². The van der Waals surface area contributed by atoms with Crippen molar-refractivity contribution in [2.24, 2.45) is 0 Å². The van der Waals surface area contributed by atoms with E-state index in [2.05, 4.69) is 0 Å². The van der Waals surface area contributed by atoms with Gasteiger partial charge in [0.05, 0.1) is 13.5 Å². The molecule has 110 valence electrons. The lowest BCUT2D eigenvalue weighted by Crippen LogP contribution is -2.22. The van der Waals surface area contributed by atoms with Gasteiger partial charge < -0.3 is 14.4 Å². The maximum absolute atomic E-state index is 11.8. The molecule has 0 aliphatic carbocycles. The maximum Gasteiger partial charge on any atom is 0.312 e. The predicted molar refractivity (Wildman–Crippen MR) is 83.0 cm³/mol. The molecule has 2 rings (SSSR count). The second-order valence-electron chi connectivity index (χ2n) is 4.66. The summed E-state index contributed by atoms with van der Waals surface area (Å²) in [7, 11) is 3.55. The molecule has 0 aliphatic rings. The summed E-state index contributed by atoms with van der Waals surface area (Å²) in [5.74, 6) is 1.02. The van der Waals surface area contributed by atoms with Crippen molar-refractivity contribution in [3.05, 3.63) is 54.6 Å². The summed E-state index contributed by atoms with van der Waals surface area (Å²) in [6.07, 6.45) is 0.331. The van der Waals surface area contributed by atoms with Crippen molar-refractivity contribution in [1.82, 2.24) is 0 Å². The summed E-state index contributed by atoms with van der Waals surface area (Å²) in [6.45, 7) is 0.610. The lowest BCUT2D eigenvalue weighted by atomic mass is 10.3. The van der Waals surface area contributed by atoms with Crippen LogP contribution in [-0.4, -0.2) is 26.7 Å². The monoisotopic (exact) mass is 285 g/mol. The molecule has 0 aliphatic heterocycles. The van der Waals surface area contributed by atoms with Crippen LogP contribution in [0.3, 0.4) is 0 Å². The van der Waals surface area contributed by atoms with Gasteiger partial charge in [-0.3, -0.25) is 4.79 Å². The number of nitrogens with zero attached hydrogens (tertiary/aromatic N) is 1. The number of hydrogen-bond donors (Lipinski definition) is 0. The molecule has 4 nitrogen and oxygen atoms in total. The van der Waals surface area contributed by atoms with Gasteiger partial charge in [0, 0.05) is 19.3 Å². The number of esters is 1. The summed E-state index contributed by atoms with van der Waals surface area (Å²) >= 11 is 0. The normalized spacial score (nSPS) is 10.0. The van der Waals surface area contributed by atoms with Gasteiger partial charge >= 0.3 is 5.97 Å². The van der Waals surface area contributed by atoms with Crippen LogP contribution in [0.25, 0.3) is 0 Å². The van der Waals surface area contributed by atoms with Crippen molar-refractivity contribution in [2.75, 3.05) is 25.6 Å². The number of carbonyl (C=O) groups is 1. The van der Waals surface area contributed by atoms with Crippen molar-refractivity contribution < 1.29 is 14.3 Å². The van der Waals surface area contributed by atoms with Crippen molar-refractivity contribution in [2.45, 2.75) is 6.42 Å². The third-order valence-electron chi connectivity index (χ3n) is 3.14. The van der Waals surface area contributed by atoms with Crippen molar-refractivity contribution in [1.29, 1.82) is 0 Å². The van der Waals surface area contributed by atoms with E-state index in [0.29, 0.717) is 18.7 Å². The quantitative estimate of drug-likeness (QED) is 0.604. The first-order valence-corrected chi connectivity index (χ1v) is 6.80. The summed E-state index contributed by atoms with van der Waals surface area (Å²) < 4.78 is 10.3. The minimum absolute atomic E-state index is 0.247. The average Bonchev–Trinajstić information content (AvgIpc) is 2.54. The molecule has 4 heteroatoms. The van der Waals surface area contributed by atoms with E-state index in [1.165, 1.54) is 0 Å². The van der Waals surface area contributed by atoms with Gasteiger partial charge in [0.1, 0.15) is 11.5 Å². The van der Waals surface area contributed by atoms with Crippen LogP contribution in [0, 0.1) is 0 Å². The number of ether oxygens (including phenoxy) is 2. The summed E-state index contributed by atoms with van der Waals surface area (Å²) in [6, 6.07) is 16.9. The zero-order valence-electron chi connectivity index (χ0n) is 12.3. The van der Waals surface area contributed by atoms with Gasteiger partial charge in [-0.25, -0.2) is 0 Å². The molecular formula is C17H19NO3. The SMILES string of the molecule is COc1ccc(OC(=O)CCN(C)c2ccccc2)cc1.